The lowest BCUT2D eigenvalue weighted by Crippen LogP contribution is -2.57. The molecule has 1 aliphatic heterocycles. The molecular weight excluding hydrogens is 1040 g/mol. The fourth-order valence-corrected chi connectivity index (χ4v) is 10.0. The summed E-state index contributed by atoms with van der Waals surface area (Å²) in [4.78, 5) is 0. The van der Waals surface area contributed by atoms with Gasteiger partial charge in [0.05, 0.1) is 13.2 Å². The topological polar surface area (TPSA) is 118 Å². The summed E-state index contributed by atoms with van der Waals surface area (Å²) in [5.74, 6) is 0.623. The Bertz CT molecular complexity index is 2530. The van der Waals surface area contributed by atoms with Crippen LogP contribution in [0.3, 0.4) is 0 Å². The first-order valence-corrected chi connectivity index (χ1v) is 25.4. The number of hydrogen-bond donors (Lipinski definition) is 4. The summed E-state index contributed by atoms with van der Waals surface area (Å²) >= 11 is 0. The normalized spacial score (nSPS) is 16.3. The van der Waals surface area contributed by atoms with Crippen molar-refractivity contribution in [3.8, 4) is 11.5 Å². The van der Waals surface area contributed by atoms with E-state index in [4.69, 9.17) is 24.1 Å². The highest BCUT2D eigenvalue weighted by Gasteiger charge is 2.70. The van der Waals surface area contributed by atoms with Crippen LogP contribution in [0.4, 0.5) is 52.7 Å². The molecule has 20 heteroatoms. The molecule has 0 saturated carbocycles. The van der Waals surface area contributed by atoms with Crippen LogP contribution in [-0.2, 0) is 33.1 Å². The lowest BCUT2D eigenvalue weighted by atomic mass is 9.69. The molecule has 4 aromatic carbocycles. The van der Waals surface area contributed by atoms with E-state index in [2.05, 4.69) is 0 Å². The molecule has 0 amide bonds. The first-order valence-electron chi connectivity index (χ1n) is 25.4. The SMILES string of the molecule is CCC(CC)(c1ccc(CCC(O)(C(F)(F)F)C(F)(F)F)c(C)c1)c1ccc(OC[C@@H](O)CO)c(C)c1.CCC(CC)(c1ccc(CCC(O)(C(F)(F)F)C(F)(F)F)c(C)c1)c1ccc(OC[C@@H]2COC(C)(C)O2)c(C)c1. The molecule has 0 bridgehead atoms. The van der Waals surface area contributed by atoms with Gasteiger partial charge in [-0.05, 0) is 161 Å². The van der Waals surface area contributed by atoms with E-state index < -0.39 is 90.9 Å². The Labute approximate surface area is 442 Å². The Morgan fingerprint density at radius 3 is 1.17 bits per heavy atom. The van der Waals surface area contributed by atoms with Crippen molar-refractivity contribution >= 4 is 0 Å². The van der Waals surface area contributed by atoms with Gasteiger partial charge in [-0.25, -0.2) is 0 Å². The number of rotatable bonds is 21. The van der Waals surface area contributed by atoms with E-state index in [9.17, 15) is 68.0 Å². The smallest absolute Gasteiger partial charge is 0.426 e. The molecule has 1 saturated heterocycles. The number of aliphatic hydroxyl groups is 4. The third kappa shape index (κ3) is 14.4. The van der Waals surface area contributed by atoms with Gasteiger partial charge in [-0.15, -0.1) is 0 Å². The molecule has 1 heterocycles. The van der Waals surface area contributed by atoms with Gasteiger partial charge in [0.15, 0.2) is 5.79 Å². The third-order valence-electron chi connectivity index (χ3n) is 15.2. The summed E-state index contributed by atoms with van der Waals surface area (Å²) < 4.78 is 180. The van der Waals surface area contributed by atoms with Crippen LogP contribution >= 0.6 is 0 Å². The predicted molar refractivity (Wildman–Crippen MR) is 267 cm³/mol. The maximum Gasteiger partial charge on any atom is 0.426 e. The molecular formula is C57H72F12O8. The Hall–Kier alpha value is -4.60. The predicted octanol–water partition coefficient (Wildman–Crippen LogP) is 13.7. The number of ether oxygens (including phenoxy) is 4. The summed E-state index contributed by atoms with van der Waals surface area (Å²) in [5.41, 5.74) is -3.26. The van der Waals surface area contributed by atoms with Crippen molar-refractivity contribution in [2.75, 3.05) is 26.4 Å². The van der Waals surface area contributed by atoms with Gasteiger partial charge >= 0.3 is 24.7 Å². The van der Waals surface area contributed by atoms with Crippen LogP contribution in [0.2, 0.25) is 0 Å². The van der Waals surface area contributed by atoms with Gasteiger partial charge in [0.2, 0.25) is 0 Å². The van der Waals surface area contributed by atoms with Crippen LogP contribution in [0.25, 0.3) is 0 Å². The largest absolute Gasteiger partial charge is 0.491 e. The molecule has 4 N–H and O–H groups in total. The van der Waals surface area contributed by atoms with Crippen molar-refractivity contribution in [1.82, 2.24) is 0 Å². The van der Waals surface area contributed by atoms with E-state index in [1.54, 1.807) is 44.2 Å². The highest BCUT2D eigenvalue weighted by Crippen LogP contribution is 2.49. The van der Waals surface area contributed by atoms with Crippen LogP contribution in [-0.4, -0.2) is 101 Å². The molecule has 77 heavy (non-hydrogen) atoms. The van der Waals surface area contributed by atoms with Gasteiger partial charge in [-0.2, -0.15) is 52.7 Å². The Morgan fingerprint density at radius 2 is 0.883 bits per heavy atom. The zero-order valence-electron chi connectivity index (χ0n) is 45.0. The fourth-order valence-electron chi connectivity index (χ4n) is 10.0. The highest BCUT2D eigenvalue weighted by atomic mass is 19.4. The first kappa shape index (κ1) is 64.9. The molecule has 0 aromatic heterocycles. The minimum atomic E-state index is -5.84. The first-order chi connectivity index (χ1) is 35.4. The van der Waals surface area contributed by atoms with Crippen molar-refractivity contribution in [3.05, 3.63) is 128 Å². The average molecular weight is 1110 g/mol. The molecule has 432 valence electrons. The zero-order chi connectivity index (χ0) is 58.4. The molecule has 0 unspecified atom stereocenters. The van der Waals surface area contributed by atoms with Crippen LogP contribution in [0.5, 0.6) is 11.5 Å². The quantitative estimate of drug-likeness (QED) is 0.0610. The number of aliphatic hydroxyl groups excluding tert-OH is 2. The second kappa shape index (κ2) is 24.8. The van der Waals surface area contributed by atoms with Crippen LogP contribution in [0, 0.1) is 27.7 Å². The van der Waals surface area contributed by atoms with Crippen molar-refractivity contribution in [2.45, 2.75) is 185 Å². The number of benzene rings is 4. The Morgan fingerprint density at radius 1 is 0.545 bits per heavy atom. The van der Waals surface area contributed by atoms with Gasteiger partial charge in [-0.1, -0.05) is 88.4 Å². The van der Waals surface area contributed by atoms with Crippen molar-refractivity contribution in [3.63, 3.8) is 0 Å². The standard InChI is InChI=1S/C30H38F6O4.C27H34F6O4/c1-7-27(8-2,23-11-12-25(20(4)16-23)38-17-24-18-39-26(5,6)40-24)22-10-9-21(19(3)15-22)13-14-28(37,29(31,32)33)30(34,35)36;1-5-24(6-2,21-9-10-23(18(4)14-21)37-16-22(35)15-34)20-8-7-19(17(3)13-20)11-12-25(36,26(28,29)30)27(31,32)33/h9-12,15-16,24,37H,7-8,13-14,17-18H2,1-6H3;7-10,13-14,22,34-36H,5-6,11-12,15-16H2,1-4H3/t24-;22-/m10/s1. The molecule has 2 atom stereocenters. The molecule has 8 nitrogen and oxygen atoms in total. The van der Waals surface area contributed by atoms with E-state index in [1.165, 1.54) is 6.07 Å². The van der Waals surface area contributed by atoms with Crippen molar-refractivity contribution in [2.24, 2.45) is 0 Å². The summed E-state index contributed by atoms with van der Waals surface area (Å²) in [6.45, 7) is 19.1. The summed E-state index contributed by atoms with van der Waals surface area (Å²) in [6.07, 6.45) is -26.0. The summed E-state index contributed by atoms with van der Waals surface area (Å²) in [7, 11) is 0. The molecule has 4 aromatic rings. The summed E-state index contributed by atoms with van der Waals surface area (Å²) in [6, 6.07) is 21.7. The number of halogens is 12. The van der Waals surface area contributed by atoms with Crippen molar-refractivity contribution < 1.29 is 92.1 Å². The zero-order valence-corrected chi connectivity index (χ0v) is 45.0. The van der Waals surface area contributed by atoms with Gasteiger partial charge in [0.1, 0.15) is 36.9 Å². The van der Waals surface area contributed by atoms with Gasteiger partial charge in [-0.3, -0.25) is 0 Å². The van der Waals surface area contributed by atoms with E-state index >= 15 is 0 Å². The molecule has 0 radical (unpaired) electrons. The molecule has 5 rings (SSSR count). The minimum Gasteiger partial charge on any atom is -0.491 e. The van der Waals surface area contributed by atoms with Gasteiger partial charge < -0.3 is 39.4 Å². The highest BCUT2D eigenvalue weighted by molar-refractivity contribution is 5.49. The Balaban J connectivity index is 0.000000334. The lowest BCUT2D eigenvalue weighted by Gasteiger charge is -2.35. The third-order valence-corrected chi connectivity index (χ3v) is 15.2. The maximum absolute atomic E-state index is 13.1. The second-order valence-electron chi connectivity index (χ2n) is 20.4. The average Bonchev–Trinajstić information content (AvgIpc) is 3.70. The second-order valence-corrected chi connectivity index (χ2v) is 20.4. The Kier molecular flexibility index (Phi) is 20.9. The van der Waals surface area contributed by atoms with Gasteiger partial charge in [0, 0.05) is 10.8 Å². The molecule has 0 aliphatic carbocycles. The monoisotopic (exact) mass is 1110 g/mol. The lowest BCUT2D eigenvalue weighted by molar-refractivity contribution is -0.370. The number of alkyl halides is 12. The van der Waals surface area contributed by atoms with E-state index in [0.717, 1.165) is 33.4 Å². The molecule has 1 aliphatic rings. The van der Waals surface area contributed by atoms with Gasteiger partial charge in [0.25, 0.3) is 11.2 Å². The molecule has 0 spiro atoms. The molecule has 1 fully saturated rings. The van der Waals surface area contributed by atoms with Crippen molar-refractivity contribution in [1.29, 1.82) is 0 Å². The summed E-state index contributed by atoms with van der Waals surface area (Å²) in [5, 5.41) is 37.5. The van der Waals surface area contributed by atoms with Crippen LogP contribution < -0.4 is 9.47 Å². The van der Waals surface area contributed by atoms with E-state index in [-0.39, 0.29) is 12.7 Å². The minimum absolute atomic E-state index is 0.0676. The van der Waals surface area contributed by atoms with E-state index in [1.807, 2.05) is 91.8 Å². The number of aryl methyl sites for hydroxylation is 6. The van der Waals surface area contributed by atoms with Crippen LogP contribution in [0.1, 0.15) is 136 Å². The fraction of sp³-hybridized carbons (Fsp3) is 0.579. The van der Waals surface area contributed by atoms with E-state index in [0.29, 0.717) is 72.6 Å². The number of hydrogen-bond acceptors (Lipinski definition) is 8. The van der Waals surface area contributed by atoms with Crippen LogP contribution in [0.15, 0.2) is 72.8 Å². The maximum atomic E-state index is 13.1.